The molecule has 0 aliphatic carbocycles. The molecule has 1 heterocycles. The predicted molar refractivity (Wildman–Crippen MR) is 87.1 cm³/mol. The second kappa shape index (κ2) is 7.43. The van der Waals surface area contributed by atoms with Gasteiger partial charge in [-0.15, -0.1) is 13.2 Å². The molecule has 1 atom stereocenters. The van der Waals surface area contributed by atoms with E-state index in [4.69, 9.17) is 0 Å². The topological polar surface area (TPSA) is 45.1 Å². The standard InChI is InChI=1S/C15H18F3N3O2S/c1-4-13(20(2)3)21-14(22)24-9-12(19-21)10-5-7-11(8-6-10)23-15(16,17)18/h5-8,13H,4,9H2,1-3H3. The Balaban J connectivity index is 2.23. The maximum Gasteiger partial charge on any atom is 0.573 e. The Morgan fingerprint density at radius 2 is 1.96 bits per heavy atom. The van der Waals surface area contributed by atoms with Crippen molar-refractivity contribution in [2.24, 2.45) is 5.10 Å². The molecule has 0 radical (unpaired) electrons. The average molecular weight is 361 g/mol. The molecule has 1 amide bonds. The predicted octanol–water partition coefficient (Wildman–Crippen LogP) is 3.76. The second-order valence-electron chi connectivity index (χ2n) is 5.37. The molecular formula is C15H18F3N3O2S. The molecule has 1 aromatic carbocycles. The summed E-state index contributed by atoms with van der Waals surface area (Å²) in [5.74, 6) is 0.0848. The van der Waals surface area contributed by atoms with E-state index < -0.39 is 6.36 Å². The number of rotatable bonds is 5. The van der Waals surface area contributed by atoms with Crippen LogP contribution < -0.4 is 4.74 Å². The van der Waals surface area contributed by atoms with Gasteiger partial charge < -0.3 is 4.74 Å². The first-order valence-corrected chi connectivity index (χ1v) is 8.26. The van der Waals surface area contributed by atoms with Crippen LogP contribution in [0, 0.1) is 0 Å². The summed E-state index contributed by atoms with van der Waals surface area (Å²) in [7, 11) is 3.72. The highest BCUT2D eigenvalue weighted by molar-refractivity contribution is 8.14. The SMILES string of the molecule is CCC(N(C)C)N1N=C(c2ccc(OC(F)(F)F)cc2)CSC1=O. The van der Waals surface area contributed by atoms with Gasteiger partial charge in [0.2, 0.25) is 0 Å². The van der Waals surface area contributed by atoms with Crippen LogP contribution in [0.3, 0.4) is 0 Å². The summed E-state index contributed by atoms with van der Waals surface area (Å²) >= 11 is 1.12. The Bertz CT molecular complexity index is 617. The monoisotopic (exact) mass is 361 g/mol. The Morgan fingerprint density at radius 1 is 1.33 bits per heavy atom. The van der Waals surface area contributed by atoms with Crippen LogP contribution in [0.4, 0.5) is 18.0 Å². The number of thioether (sulfide) groups is 1. The number of carbonyl (C=O) groups is 1. The summed E-state index contributed by atoms with van der Waals surface area (Å²) < 4.78 is 40.4. The van der Waals surface area contributed by atoms with Crippen LogP contribution in [0.25, 0.3) is 0 Å². The maximum atomic E-state index is 12.2. The van der Waals surface area contributed by atoms with Gasteiger partial charge in [-0.05, 0) is 50.3 Å². The van der Waals surface area contributed by atoms with E-state index in [1.807, 2.05) is 25.9 Å². The van der Waals surface area contributed by atoms with Gasteiger partial charge in [-0.25, -0.2) is 5.01 Å². The zero-order valence-corrected chi connectivity index (χ0v) is 14.3. The third-order valence-corrected chi connectivity index (χ3v) is 4.26. The van der Waals surface area contributed by atoms with Gasteiger partial charge in [-0.1, -0.05) is 18.7 Å². The number of nitrogens with zero attached hydrogens (tertiary/aromatic N) is 3. The van der Waals surface area contributed by atoms with E-state index in [1.54, 1.807) is 0 Å². The smallest absolute Gasteiger partial charge is 0.406 e. The highest BCUT2D eigenvalue weighted by atomic mass is 32.2. The first-order chi connectivity index (χ1) is 11.2. The van der Waals surface area contributed by atoms with Gasteiger partial charge >= 0.3 is 11.6 Å². The van der Waals surface area contributed by atoms with E-state index in [9.17, 15) is 18.0 Å². The van der Waals surface area contributed by atoms with E-state index in [1.165, 1.54) is 29.3 Å². The minimum atomic E-state index is -4.72. The largest absolute Gasteiger partial charge is 0.573 e. The molecule has 132 valence electrons. The molecule has 0 saturated carbocycles. The number of benzene rings is 1. The van der Waals surface area contributed by atoms with Crippen molar-refractivity contribution in [3.05, 3.63) is 29.8 Å². The molecule has 0 saturated heterocycles. The number of ether oxygens (including phenoxy) is 1. The number of hydrazone groups is 1. The van der Waals surface area contributed by atoms with Gasteiger partial charge in [0, 0.05) is 5.75 Å². The van der Waals surface area contributed by atoms with Gasteiger partial charge in [0.15, 0.2) is 0 Å². The van der Waals surface area contributed by atoms with Gasteiger partial charge in [0.25, 0.3) is 0 Å². The summed E-state index contributed by atoms with van der Waals surface area (Å²) in [6.07, 6.45) is -4.19. The molecule has 0 bridgehead atoms. The fraction of sp³-hybridized carbons (Fsp3) is 0.467. The van der Waals surface area contributed by atoms with Crippen LogP contribution in [0.1, 0.15) is 18.9 Å². The molecule has 5 nitrogen and oxygen atoms in total. The van der Waals surface area contributed by atoms with Crippen molar-refractivity contribution >= 4 is 22.7 Å². The van der Waals surface area contributed by atoms with Crippen LogP contribution >= 0.6 is 11.8 Å². The van der Waals surface area contributed by atoms with Crippen LogP contribution in [0.15, 0.2) is 29.4 Å². The lowest BCUT2D eigenvalue weighted by atomic mass is 10.1. The Morgan fingerprint density at radius 3 is 2.46 bits per heavy atom. The molecule has 2 rings (SSSR count). The highest BCUT2D eigenvalue weighted by Gasteiger charge is 2.31. The summed E-state index contributed by atoms with van der Waals surface area (Å²) in [5.41, 5.74) is 1.29. The van der Waals surface area contributed by atoms with Gasteiger partial charge in [-0.3, -0.25) is 9.69 Å². The number of halogens is 3. The van der Waals surface area contributed by atoms with E-state index >= 15 is 0 Å². The summed E-state index contributed by atoms with van der Waals surface area (Å²) in [6.45, 7) is 1.95. The fourth-order valence-electron chi connectivity index (χ4n) is 2.33. The van der Waals surface area contributed by atoms with Crippen LogP contribution in [0.2, 0.25) is 0 Å². The first-order valence-electron chi connectivity index (χ1n) is 7.27. The van der Waals surface area contributed by atoms with E-state index in [0.29, 0.717) is 23.4 Å². The van der Waals surface area contributed by atoms with Crippen molar-refractivity contribution in [3.8, 4) is 5.75 Å². The zero-order valence-electron chi connectivity index (χ0n) is 13.5. The number of hydrogen-bond acceptors (Lipinski definition) is 5. The molecule has 0 aromatic heterocycles. The van der Waals surface area contributed by atoms with Gasteiger partial charge in [0.05, 0.1) is 5.71 Å². The van der Waals surface area contributed by atoms with Crippen LogP contribution in [0.5, 0.6) is 5.75 Å². The molecule has 1 aromatic rings. The minimum absolute atomic E-state index is 0.142. The molecule has 9 heteroatoms. The van der Waals surface area contributed by atoms with Gasteiger partial charge in [0.1, 0.15) is 11.9 Å². The lowest BCUT2D eigenvalue weighted by Crippen LogP contribution is -2.45. The summed E-state index contributed by atoms with van der Waals surface area (Å²) in [5, 5.41) is 5.68. The zero-order chi connectivity index (χ0) is 17.9. The second-order valence-corrected chi connectivity index (χ2v) is 6.30. The number of hydrogen-bond donors (Lipinski definition) is 0. The third-order valence-electron chi connectivity index (χ3n) is 3.41. The maximum absolute atomic E-state index is 12.2. The summed E-state index contributed by atoms with van der Waals surface area (Å²) in [6, 6.07) is 5.48. The van der Waals surface area contributed by atoms with E-state index in [-0.39, 0.29) is 17.2 Å². The Labute approximate surface area is 142 Å². The highest BCUT2D eigenvalue weighted by Crippen LogP contribution is 2.26. The quantitative estimate of drug-likeness (QED) is 0.801. The van der Waals surface area contributed by atoms with Crippen molar-refractivity contribution in [1.82, 2.24) is 9.91 Å². The van der Waals surface area contributed by atoms with Crippen molar-refractivity contribution in [3.63, 3.8) is 0 Å². The Kier molecular flexibility index (Phi) is 5.76. The first kappa shape index (κ1) is 18.6. The van der Waals surface area contributed by atoms with E-state index in [0.717, 1.165) is 11.8 Å². The molecule has 0 fully saturated rings. The third kappa shape index (κ3) is 4.64. The lowest BCUT2D eigenvalue weighted by Gasteiger charge is -2.33. The molecule has 0 spiro atoms. The lowest BCUT2D eigenvalue weighted by molar-refractivity contribution is -0.274. The molecule has 1 aliphatic rings. The Hall–Kier alpha value is -1.74. The summed E-state index contributed by atoms with van der Waals surface area (Å²) in [4.78, 5) is 14.0. The van der Waals surface area contributed by atoms with Crippen LogP contribution in [-0.2, 0) is 0 Å². The fourth-order valence-corrected chi connectivity index (χ4v) is 3.11. The molecule has 24 heavy (non-hydrogen) atoms. The molecule has 0 N–H and O–H groups in total. The van der Waals surface area contributed by atoms with Crippen LogP contribution in [-0.4, -0.2) is 53.2 Å². The average Bonchev–Trinajstić information content (AvgIpc) is 2.49. The van der Waals surface area contributed by atoms with Crippen molar-refractivity contribution in [2.75, 3.05) is 19.8 Å². The minimum Gasteiger partial charge on any atom is -0.406 e. The van der Waals surface area contributed by atoms with Crippen molar-refractivity contribution in [2.45, 2.75) is 25.9 Å². The molecule has 1 aliphatic heterocycles. The van der Waals surface area contributed by atoms with Crippen molar-refractivity contribution < 1.29 is 22.7 Å². The number of carbonyl (C=O) groups excluding carboxylic acids is 1. The molecule has 1 unspecified atom stereocenters. The van der Waals surface area contributed by atoms with E-state index in [2.05, 4.69) is 9.84 Å². The van der Waals surface area contributed by atoms with Crippen molar-refractivity contribution in [1.29, 1.82) is 0 Å². The molecular weight excluding hydrogens is 343 g/mol. The normalized spacial score (nSPS) is 17.0. The number of alkyl halides is 3. The van der Waals surface area contributed by atoms with Gasteiger partial charge in [-0.2, -0.15) is 5.10 Å². The number of amides is 1.